The predicted molar refractivity (Wildman–Crippen MR) is 38.8 cm³/mol. The van der Waals surface area contributed by atoms with Crippen LogP contribution in [-0.2, 0) is 15.7 Å². The van der Waals surface area contributed by atoms with Crippen LogP contribution in [0.1, 0.15) is 5.56 Å². The first-order chi connectivity index (χ1) is 5.58. The van der Waals surface area contributed by atoms with E-state index in [1.165, 1.54) is 0 Å². The molecule has 0 aromatic heterocycles. The molecule has 0 atom stereocenters. The standard InChI is InChI=1S/C7H9O4P.2Na/c8-12(9,10)11-6-7-4-2-1-3-5-7;;/h1-5H,6H2,(H2,8,9,10);;/q;2*+1/p-2. The Morgan fingerprint density at radius 3 is 2.07 bits per heavy atom. The van der Waals surface area contributed by atoms with Crippen molar-refractivity contribution in [3.05, 3.63) is 35.9 Å². The van der Waals surface area contributed by atoms with Crippen LogP contribution in [0, 0.1) is 0 Å². The van der Waals surface area contributed by atoms with Crippen molar-refractivity contribution >= 4 is 7.82 Å². The second-order valence-electron chi connectivity index (χ2n) is 2.21. The molecule has 0 unspecified atom stereocenters. The van der Waals surface area contributed by atoms with Gasteiger partial charge in [-0.05, 0) is 5.56 Å². The Hall–Kier alpha value is 1.33. The molecule has 7 heteroatoms. The van der Waals surface area contributed by atoms with E-state index in [1.54, 1.807) is 30.3 Å². The van der Waals surface area contributed by atoms with Gasteiger partial charge in [-0.25, -0.2) is 0 Å². The van der Waals surface area contributed by atoms with E-state index >= 15 is 0 Å². The molecule has 0 aliphatic heterocycles. The minimum absolute atomic E-state index is 0. The van der Waals surface area contributed by atoms with Crippen LogP contribution in [0.2, 0.25) is 0 Å². The summed E-state index contributed by atoms with van der Waals surface area (Å²) in [5, 5.41) is 0. The number of phosphoric ester groups is 1. The first-order valence-corrected chi connectivity index (χ1v) is 4.74. The number of phosphoric acid groups is 1. The van der Waals surface area contributed by atoms with E-state index in [0.717, 1.165) is 0 Å². The van der Waals surface area contributed by atoms with Gasteiger partial charge in [-0.1, -0.05) is 30.3 Å². The van der Waals surface area contributed by atoms with Crippen LogP contribution < -0.4 is 68.9 Å². The van der Waals surface area contributed by atoms with Gasteiger partial charge in [0.1, 0.15) is 0 Å². The van der Waals surface area contributed by atoms with Gasteiger partial charge in [-0.2, -0.15) is 0 Å². The summed E-state index contributed by atoms with van der Waals surface area (Å²) in [6.07, 6.45) is 0. The molecule has 0 bridgehead atoms. The molecule has 14 heavy (non-hydrogen) atoms. The zero-order valence-electron chi connectivity index (χ0n) is 8.17. The predicted octanol–water partition coefficient (Wildman–Crippen LogP) is -5.96. The molecule has 0 aliphatic rings. The van der Waals surface area contributed by atoms with Crippen molar-refractivity contribution in [3.63, 3.8) is 0 Å². The monoisotopic (exact) mass is 232 g/mol. The summed E-state index contributed by atoms with van der Waals surface area (Å²) >= 11 is 0. The van der Waals surface area contributed by atoms with Gasteiger partial charge in [0, 0.05) is 0 Å². The Morgan fingerprint density at radius 2 is 1.64 bits per heavy atom. The van der Waals surface area contributed by atoms with Crippen molar-refractivity contribution in [2.45, 2.75) is 6.61 Å². The van der Waals surface area contributed by atoms with E-state index in [9.17, 15) is 14.4 Å². The summed E-state index contributed by atoms with van der Waals surface area (Å²) in [5.41, 5.74) is 0.657. The second kappa shape index (κ2) is 8.48. The molecule has 0 fully saturated rings. The van der Waals surface area contributed by atoms with E-state index < -0.39 is 7.82 Å². The van der Waals surface area contributed by atoms with Crippen molar-refractivity contribution in [1.29, 1.82) is 0 Å². The normalized spacial score (nSPS) is 9.86. The summed E-state index contributed by atoms with van der Waals surface area (Å²) in [4.78, 5) is 20.1. The molecule has 1 rings (SSSR count). The fraction of sp³-hybridized carbons (Fsp3) is 0.143. The molecular formula is C7H7Na2O4P. The van der Waals surface area contributed by atoms with Gasteiger partial charge in [0.15, 0.2) is 0 Å². The maximum absolute atomic E-state index is 10.1. The van der Waals surface area contributed by atoms with Gasteiger partial charge in [0.05, 0.1) is 14.4 Å². The summed E-state index contributed by atoms with van der Waals surface area (Å²) in [5.74, 6) is 0. The van der Waals surface area contributed by atoms with Crippen molar-refractivity contribution in [3.8, 4) is 0 Å². The maximum atomic E-state index is 10.1. The van der Waals surface area contributed by atoms with Crippen LogP contribution in [0.15, 0.2) is 30.3 Å². The molecule has 4 nitrogen and oxygen atoms in total. The quantitative estimate of drug-likeness (QED) is 0.384. The number of hydrogen-bond acceptors (Lipinski definition) is 4. The average molecular weight is 232 g/mol. The van der Waals surface area contributed by atoms with Crippen LogP contribution in [0.5, 0.6) is 0 Å². The SMILES string of the molecule is O=P([O-])([O-])OCc1ccccc1.[Na+].[Na+]. The van der Waals surface area contributed by atoms with Gasteiger partial charge in [0.2, 0.25) is 0 Å². The largest absolute Gasteiger partial charge is 1.00 e. The molecule has 0 aliphatic carbocycles. The maximum Gasteiger partial charge on any atom is 1.00 e. The molecular weight excluding hydrogens is 225 g/mol. The zero-order valence-corrected chi connectivity index (χ0v) is 13.1. The topological polar surface area (TPSA) is 72.4 Å². The van der Waals surface area contributed by atoms with Crippen LogP contribution in [-0.4, -0.2) is 0 Å². The van der Waals surface area contributed by atoms with E-state index in [-0.39, 0.29) is 65.7 Å². The second-order valence-corrected chi connectivity index (χ2v) is 3.36. The number of hydrogen-bond donors (Lipinski definition) is 0. The van der Waals surface area contributed by atoms with Gasteiger partial charge < -0.3 is 18.9 Å². The van der Waals surface area contributed by atoms with E-state index in [0.29, 0.717) is 5.56 Å². The zero-order chi connectivity index (χ0) is 9.03. The van der Waals surface area contributed by atoms with Crippen molar-refractivity contribution < 1.29 is 78.0 Å². The molecule has 1 aromatic carbocycles. The number of rotatable bonds is 3. The van der Waals surface area contributed by atoms with Crippen molar-refractivity contribution in [1.82, 2.24) is 0 Å². The number of benzene rings is 1. The third-order valence-electron chi connectivity index (χ3n) is 1.23. The minimum Gasteiger partial charge on any atom is -0.790 e. The Bertz CT molecular complexity index is 287. The molecule has 0 saturated carbocycles. The fourth-order valence-corrected chi connectivity index (χ4v) is 1.04. The van der Waals surface area contributed by atoms with Crippen LogP contribution in [0.3, 0.4) is 0 Å². The molecule has 0 saturated heterocycles. The van der Waals surface area contributed by atoms with Crippen molar-refractivity contribution in [2.24, 2.45) is 0 Å². The first-order valence-electron chi connectivity index (χ1n) is 3.28. The molecule has 0 amide bonds. The smallest absolute Gasteiger partial charge is 0.790 e. The molecule has 66 valence electrons. The van der Waals surface area contributed by atoms with Crippen molar-refractivity contribution in [2.75, 3.05) is 0 Å². The molecule has 0 N–H and O–H groups in total. The van der Waals surface area contributed by atoms with E-state index in [4.69, 9.17) is 0 Å². The van der Waals surface area contributed by atoms with Gasteiger partial charge in [-0.3, -0.25) is 0 Å². The summed E-state index contributed by atoms with van der Waals surface area (Å²) in [6.45, 7) is -0.189. The molecule has 0 radical (unpaired) electrons. The third-order valence-corrected chi connectivity index (χ3v) is 1.68. The van der Waals surface area contributed by atoms with Gasteiger partial charge in [-0.15, -0.1) is 0 Å². The Labute approximate surface area is 127 Å². The Morgan fingerprint density at radius 1 is 1.14 bits per heavy atom. The Kier molecular flexibility index (Phi) is 10.7. The van der Waals surface area contributed by atoms with Crippen LogP contribution >= 0.6 is 7.82 Å². The fourth-order valence-electron chi connectivity index (χ4n) is 0.728. The first kappa shape index (κ1) is 17.7. The van der Waals surface area contributed by atoms with E-state index in [1.807, 2.05) is 0 Å². The molecule has 0 spiro atoms. The van der Waals surface area contributed by atoms with Crippen LogP contribution in [0.4, 0.5) is 0 Å². The minimum atomic E-state index is -4.83. The summed E-state index contributed by atoms with van der Waals surface area (Å²) < 4.78 is 14.1. The molecule has 0 heterocycles. The molecule has 1 aromatic rings. The summed E-state index contributed by atoms with van der Waals surface area (Å²) in [7, 11) is -4.83. The van der Waals surface area contributed by atoms with Crippen LogP contribution in [0.25, 0.3) is 0 Å². The van der Waals surface area contributed by atoms with E-state index in [2.05, 4.69) is 4.52 Å². The van der Waals surface area contributed by atoms with Gasteiger partial charge >= 0.3 is 59.1 Å². The van der Waals surface area contributed by atoms with Gasteiger partial charge in [0.25, 0.3) is 0 Å². The average Bonchev–Trinajstić information content (AvgIpc) is 2.02. The third kappa shape index (κ3) is 8.62. The summed E-state index contributed by atoms with van der Waals surface area (Å²) in [6, 6.07) is 8.61. The Balaban J connectivity index is 0.